The molecule has 1 unspecified atom stereocenters. The van der Waals surface area contributed by atoms with Gasteiger partial charge in [-0.3, -0.25) is 19.1 Å². The third-order valence-corrected chi connectivity index (χ3v) is 6.14. The van der Waals surface area contributed by atoms with Gasteiger partial charge < -0.3 is 10.6 Å². The molecule has 1 atom stereocenters. The second kappa shape index (κ2) is 10.6. The molecule has 1 aliphatic heterocycles. The van der Waals surface area contributed by atoms with Crippen LogP contribution in [-0.2, 0) is 4.79 Å². The number of nitrogens with one attached hydrogen (secondary N) is 2. The van der Waals surface area contributed by atoms with Crippen LogP contribution >= 0.6 is 0 Å². The van der Waals surface area contributed by atoms with E-state index in [0.29, 0.717) is 34.5 Å². The molecule has 2 N–H and O–H groups in total. The van der Waals surface area contributed by atoms with Gasteiger partial charge in [-0.15, -0.1) is 0 Å². The zero-order valence-electron chi connectivity index (χ0n) is 20.7. The highest BCUT2D eigenvalue weighted by Gasteiger charge is 2.18. The van der Waals surface area contributed by atoms with E-state index in [1.54, 1.807) is 42.6 Å². The number of hydrogen-bond acceptors (Lipinski definition) is 6. The number of rotatable bonds is 6. The van der Waals surface area contributed by atoms with Crippen LogP contribution in [-0.4, -0.2) is 33.0 Å². The molecule has 2 aromatic heterocycles. The van der Waals surface area contributed by atoms with Gasteiger partial charge in [0.1, 0.15) is 0 Å². The summed E-state index contributed by atoms with van der Waals surface area (Å²) in [6.07, 6.45) is 5.25. The molecule has 0 radical (unpaired) electrons. The number of amides is 1. The highest BCUT2D eigenvalue weighted by atomic mass is 19.1. The maximum absolute atomic E-state index is 14.6. The third kappa shape index (κ3) is 5.12. The summed E-state index contributed by atoms with van der Waals surface area (Å²) >= 11 is 0. The van der Waals surface area contributed by atoms with Crippen LogP contribution in [0.15, 0.2) is 101 Å². The van der Waals surface area contributed by atoms with E-state index in [0.717, 1.165) is 12.0 Å². The number of allylic oxidation sites excluding steroid dienone is 2. The smallest absolute Gasteiger partial charge is 0.264 e. The molecule has 3 heterocycles. The van der Waals surface area contributed by atoms with Gasteiger partial charge in [-0.2, -0.15) is 9.37 Å². The van der Waals surface area contributed by atoms with E-state index in [-0.39, 0.29) is 29.0 Å². The quantitative estimate of drug-likeness (QED) is 0.345. The summed E-state index contributed by atoms with van der Waals surface area (Å²) in [6.45, 7) is 5.86. The van der Waals surface area contributed by atoms with Crippen molar-refractivity contribution in [2.24, 2.45) is 10.9 Å². The van der Waals surface area contributed by atoms with Gasteiger partial charge in [-0.25, -0.2) is 4.98 Å². The maximum atomic E-state index is 14.6. The van der Waals surface area contributed by atoms with Crippen LogP contribution in [0.5, 0.6) is 0 Å². The largest absolute Gasteiger partial charge is 0.322 e. The first kappa shape index (κ1) is 24.8. The fourth-order valence-corrected chi connectivity index (χ4v) is 4.24. The molecule has 5 rings (SSSR count). The Hall–Kier alpha value is -4.92. The van der Waals surface area contributed by atoms with E-state index in [1.165, 1.54) is 10.6 Å². The van der Waals surface area contributed by atoms with Crippen LogP contribution in [0.1, 0.15) is 13.3 Å². The molecule has 8 nitrogen and oxygen atoms in total. The van der Waals surface area contributed by atoms with Gasteiger partial charge in [0.15, 0.2) is 5.65 Å². The summed E-state index contributed by atoms with van der Waals surface area (Å²) in [5, 5.41) is 6.25. The first-order chi connectivity index (χ1) is 18.4. The number of halogens is 1. The predicted molar refractivity (Wildman–Crippen MR) is 148 cm³/mol. The molecule has 38 heavy (non-hydrogen) atoms. The molecule has 0 bridgehead atoms. The molecular weight excluding hydrogens is 483 g/mol. The first-order valence-corrected chi connectivity index (χ1v) is 12.1. The van der Waals surface area contributed by atoms with E-state index < -0.39 is 5.97 Å². The molecule has 0 saturated heterocycles. The van der Waals surface area contributed by atoms with Crippen LogP contribution in [0, 0.1) is 5.92 Å². The Balaban J connectivity index is 1.69. The van der Waals surface area contributed by atoms with Crippen molar-refractivity contribution < 1.29 is 9.18 Å². The zero-order valence-corrected chi connectivity index (χ0v) is 20.7. The van der Waals surface area contributed by atoms with Crippen molar-refractivity contribution >= 4 is 34.5 Å². The first-order valence-electron chi connectivity index (χ1n) is 12.1. The second-order valence-electron chi connectivity index (χ2n) is 8.92. The average Bonchev–Trinajstić information content (AvgIpc) is 3.08. The molecule has 0 fully saturated rings. The summed E-state index contributed by atoms with van der Waals surface area (Å²) in [6, 6.07) is 17.9. The maximum Gasteiger partial charge on any atom is 0.264 e. The number of fused-ring (bicyclic) bond motifs is 1. The van der Waals surface area contributed by atoms with E-state index in [9.17, 15) is 14.0 Å². The van der Waals surface area contributed by atoms with Crippen molar-refractivity contribution in [3.05, 3.63) is 102 Å². The summed E-state index contributed by atoms with van der Waals surface area (Å²) in [7, 11) is 0. The highest BCUT2D eigenvalue weighted by Crippen LogP contribution is 2.25. The summed E-state index contributed by atoms with van der Waals surface area (Å²) in [5.41, 5.74) is 2.37. The second-order valence-corrected chi connectivity index (χ2v) is 8.92. The van der Waals surface area contributed by atoms with Crippen LogP contribution in [0.3, 0.4) is 0 Å². The van der Waals surface area contributed by atoms with Crippen LogP contribution in [0.2, 0.25) is 0 Å². The van der Waals surface area contributed by atoms with Crippen molar-refractivity contribution in [3.63, 3.8) is 0 Å². The summed E-state index contributed by atoms with van der Waals surface area (Å²) in [4.78, 5) is 38.7. The Bertz CT molecular complexity index is 1660. The van der Waals surface area contributed by atoms with Gasteiger partial charge in [0.25, 0.3) is 5.56 Å². The number of carbonyl (C=O) groups is 1. The number of aromatic nitrogens is 3. The Morgan fingerprint density at radius 2 is 1.97 bits per heavy atom. The number of pyridine rings is 1. The Morgan fingerprint density at radius 3 is 2.76 bits per heavy atom. The molecule has 9 heteroatoms. The van der Waals surface area contributed by atoms with E-state index in [1.807, 2.05) is 37.3 Å². The van der Waals surface area contributed by atoms with Crippen LogP contribution in [0.4, 0.5) is 16.0 Å². The van der Waals surface area contributed by atoms with Gasteiger partial charge in [0, 0.05) is 29.4 Å². The van der Waals surface area contributed by atoms with Crippen molar-refractivity contribution in [3.8, 4) is 16.8 Å². The molecule has 4 aromatic rings. The van der Waals surface area contributed by atoms with Gasteiger partial charge >= 0.3 is 0 Å². The SMILES string of the molecule is C=CC(=O)Nc1cccc(-n2c(=O)c(-c3ccccc3)cc3cnc(NC4=CC(C)CCN=C4F)nc32)c1. The fraction of sp³-hybridized carbons (Fsp3) is 0.138. The third-order valence-electron chi connectivity index (χ3n) is 6.14. The minimum absolute atomic E-state index is 0.120. The van der Waals surface area contributed by atoms with Crippen molar-refractivity contribution in [1.29, 1.82) is 0 Å². The molecular formula is C29H25FN6O2. The fourth-order valence-electron chi connectivity index (χ4n) is 4.24. The molecule has 1 amide bonds. The Morgan fingerprint density at radius 1 is 1.16 bits per heavy atom. The lowest BCUT2D eigenvalue weighted by Crippen LogP contribution is -2.22. The molecule has 190 valence electrons. The normalized spacial score (nSPS) is 15.3. The minimum atomic E-state index is -0.611. The van der Waals surface area contributed by atoms with Crippen molar-refractivity contribution in [2.45, 2.75) is 13.3 Å². The number of benzene rings is 2. The molecule has 1 aliphatic rings. The van der Waals surface area contributed by atoms with E-state index >= 15 is 0 Å². The van der Waals surface area contributed by atoms with Gasteiger partial charge in [-0.05, 0) is 48.2 Å². The molecule has 0 aliphatic carbocycles. The monoisotopic (exact) mass is 508 g/mol. The van der Waals surface area contributed by atoms with Crippen LogP contribution < -0.4 is 16.2 Å². The van der Waals surface area contributed by atoms with Crippen LogP contribution in [0.25, 0.3) is 27.8 Å². The number of hydrogen-bond donors (Lipinski definition) is 2. The van der Waals surface area contributed by atoms with E-state index in [4.69, 9.17) is 0 Å². The number of carbonyl (C=O) groups excluding carboxylic acids is 1. The van der Waals surface area contributed by atoms with Crippen molar-refractivity contribution in [2.75, 3.05) is 17.2 Å². The lowest BCUT2D eigenvalue weighted by molar-refractivity contribution is -0.111. The average molecular weight is 509 g/mol. The highest BCUT2D eigenvalue weighted by molar-refractivity contribution is 5.99. The molecule has 0 saturated carbocycles. The topological polar surface area (TPSA) is 101 Å². The number of nitrogens with zero attached hydrogens (tertiary/aromatic N) is 4. The molecule has 0 spiro atoms. The predicted octanol–water partition coefficient (Wildman–Crippen LogP) is 5.28. The minimum Gasteiger partial charge on any atom is -0.322 e. The standard InChI is InChI=1S/C29H25FN6O2/c1-3-25(37)33-21-10-7-11-22(16-21)36-27-20(15-23(28(36)38)19-8-5-4-6-9-19)17-32-29(35-27)34-24-14-18(2)12-13-31-26(24)30/h3-11,14-18H,1,12-13H2,2H3,(H,33,37)(H,32,34,35). The Kier molecular flexibility index (Phi) is 6.90. The van der Waals surface area contributed by atoms with E-state index in [2.05, 4.69) is 32.2 Å². The molecule has 2 aromatic carbocycles. The van der Waals surface area contributed by atoms with Crippen molar-refractivity contribution in [1.82, 2.24) is 14.5 Å². The number of aliphatic imine (C=N–C) groups is 1. The van der Waals surface area contributed by atoms with Gasteiger partial charge in [-0.1, -0.05) is 56.0 Å². The van der Waals surface area contributed by atoms with Gasteiger partial charge in [0.2, 0.25) is 17.8 Å². The zero-order chi connectivity index (χ0) is 26.6. The lowest BCUT2D eigenvalue weighted by Gasteiger charge is -2.15. The Labute approximate surface area is 218 Å². The lowest BCUT2D eigenvalue weighted by atomic mass is 10.1. The summed E-state index contributed by atoms with van der Waals surface area (Å²) in [5.74, 6) is -0.740. The van der Waals surface area contributed by atoms with Gasteiger partial charge in [0.05, 0.1) is 11.4 Å². The summed E-state index contributed by atoms with van der Waals surface area (Å²) < 4.78 is 16.0. The number of anilines is 2.